The number of nitrogens with zero attached hydrogens (tertiary/aromatic N) is 3. The van der Waals surface area contributed by atoms with Crippen LogP contribution in [0.2, 0.25) is 10.0 Å². The van der Waals surface area contributed by atoms with E-state index in [0.29, 0.717) is 48.8 Å². The fourth-order valence-electron chi connectivity index (χ4n) is 6.19. The van der Waals surface area contributed by atoms with Crippen LogP contribution in [0.4, 0.5) is 24.9 Å². The summed E-state index contributed by atoms with van der Waals surface area (Å²) in [5.74, 6) is -1.07. The minimum atomic E-state index is -4.81. The van der Waals surface area contributed by atoms with E-state index in [1.807, 2.05) is 11.8 Å². The van der Waals surface area contributed by atoms with Crippen molar-refractivity contribution in [1.29, 1.82) is 0 Å². The number of hydrogen-bond donors (Lipinski definition) is 3. The van der Waals surface area contributed by atoms with E-state index in [0.717, 1.165) is 6.42 Å². The first-order valence-electron chi connectivity index (χ1n) is 13.6. The molecule has 2 aliphatic heterocycles. The number of carboxylic acid groups (broad SMARTS) is 1. The van der Waals surface area contributed by atoms with Gasteiger partial charge < -0.3 is 25.8 Å². The van der Waals surface area contributed by atoms with Crippen LogP contribution in [0.1, 0.15) is 44.3 Å². The zero-order valence-corrected chi connectivity index (χ0v) is 24.2. The molecule has 0 saturated carbocycles. The van der Waals surface area contributed by atoms with Crippen molar-refractivity contribution in [2.24, 2.45) is 5.41 Å². The number of nitrogens with two attached hydrogens (primary N) is 1. The Morgan fingerprint density at radius 2 is 1.81 bits per heavy atom. The van der Waals surface area contributed by atoms with Gasteiger partial charge in [0.2, 0.25) is 17.9 Å². The Bertz CT molecular complexity index is 1450. The summed E-state index contributed by atoms with van der Waals surface area (Å²) in [4.78, 5) is 21.8. The van der Waals surface area contributed by atoms with Crippen LogP contribution in [0.15, 0.2) is 48.5 Å². The molecule has 3 aromatic rings. The Kier molecular flexibility index (Phi) is 8.46. The van der Waals surface area contributed by atoms with Crippen LogP contribution in [0.25, 0.3) is 11.1 Å². The van der Waals surface area contributed by atoms with Gasteiger partial charge in [0.15, 0.2) is 0 Å². The van der Waals surface area contributed by atoms with Crippen LogP contribution < -0.4 is 20.7 Å². The Hall–Kier alpha value is -3.28. The molecule has 3 atom stereocenters. The van der Waals surface area contributed by atoms with E-state index in [1.54, 1.807) is 24.3 Å². The summed E-state index contributed by atoms with van der Waals surface area (Å²) in [6.07, 6.45) is -4.47. The van der Waals surface area contributed by atoms with Crippen LogP contribution in [0.3, 0.4) is 0 Å². The van der Waals surface area contributed by atoms with E-state index in [9.17, 15) is 23.1 Å². The third-order valence-corrected chi connectivity index (χ3v) is 8.72. The Morgan fingerprint density at radius 3 is 2.43 bits per heavy atom. The Morgan fingerprint density at radius 1 is 1.14 bits per heavy atom. The lowest BCUT2D eigenvalue weighted by Gasteiger charge is -2.43. The van der Waals surface area contributed by atoms with Gasteiger partial charge in [0.25, 0.3) is 0 Å². The Labute approximate surface area is 251 Å². The number of aromatic nitrogens is 2. The van der Waals surface area contributed by atoms with Gasteiger partial charge >= 0.3 is 12.1 Å². The number of hydrogen-bond acceptors (Lipinski definition) is 7. The summed E-state index contributed by atoms with van der Waals surface area (Å²) in [6.45, 7) is 3.09. The van der Waals surface area contributed by atoms with Crippen molar-refractivity contribution in [3.05, 3.63) is 64.1 Å². The molecule has 1 spiro atoms. The molecule has 5 rings (SSSR count). The number of alkyl halides is 3. The lowest BCUT2D eigenvalue weighted by molar-refractivity contribution is -0.198. The number of ether oxygens (including phenoxy) is 1. The van der Waals surface area contributed by atoms with Crippen molar-refractivity contribution in [2.45, 2.75) is 57.0 Å². The summed E-state index contributed by atoms with van der Waals surface area (Å²) in [5, 5.41) is 13.5. The highest BCUT2D eigenvalue weighted by Crippen LogP contribution is 2.46. The second-order valence-corrected chi connectivity index (χ2v) is 11.6. The van der Waals surface area contributed by atoms with Crippen molar-refractivity contribution in [2.75, 3.05) is 23.7 Å². The topological polar surface area (TPSA) is 114 Å². The number of piperidine rings is 1. The highest BCUT2D eigenvalue weighted by molar-refractivity contribution is 6.31. The molecule has 8 nitrogen and oxygen atoms in total. The van der Waals surface area contributed by atoms with Gasteiger partial charge in [-0.2, -0.15) is 23.1 Å². The average molecular weight is 624 g/mol. The molecule has 2 saturated heterocycles. The lowest BCUT2D eigenvalue weighted by Crippen LogP contribution is -2.46. The molecule has 42 heavy (non-hydrogen) atoms. The van der Waals surface area contributed by atoms with Gasteiger partial charge in [-0.15, -0.1) is 0 Å². The molecular formula is C29H30Cl2F3N5O3. The van der Waals surface area contributed by atoms with E-state index < -0.39 is 24.3 Å². The first-order chi connectivity index (χ1) is 19.9. The largest absolute Gasteiger partial charge is 0.480 e. The molecule has 2 fully saturated rings. The van der Waals surface area contributed by atoms with E-state index in [2.05, 4.69) is 15.3 Å². The van der Waals surface area contributed by atoms with Gasteiger partial charge in [-0.1, -0.05) is 48.3 Å². The summed E-state index contributed by atoms with van der Waals surface area (Å²) in [6, 6.07) is 11.3. The highest BCUT2D eigenvalue weighted by Gasteiger charge is 2.50. The van der Waals surface area contributed by atoms with Crippen LogP contribution in [0, 0.1) is 5.41 Å². The average Bonchev–Trinajstić information content (AvgIpc) is 3.30. The number of carbonyl (C=O) groups is 1. The van der Waals surface area contributed by atoms with Crippen molar-refractivity contribution >= 4 is 40.9 Å². The van der Waals surface area contributed by atoms with Crippen LogP contribution in [0.5, 0.6) is 5.88 Å². The fraction of sp³-hybridized carbons (Fsp3) is 0.414. The molecule has 3 heterocycles. The number of halogens is 5. The Balaban J connectivity index is 1.41. The molecule has 1 aromatic heterocycles. The molecule has 0 aliphatic carbocycles. The predicted octanol–water partition coefficient (Wildman–Crippen LogP) is 6.53. The fourth-order valence-corrected chi connectivity index (χ4v) is 6.49. The minimum absolute atomic E-state index is 0.0665. The maximum atomic E-state index is 14.5. The highest BCUT2D eigenvalue weighted by atomic mass is 35.5. The maximum absolute atomic E-state index is 14.5. The van der Waals surface area contributed by atoms with Gasteiger partial charge in [0.1, 0.15) is 11.9 Å². The van der Waals surface area contributed by atoms with Crippen LogP contribution in [-0.4, -0.2) is 52.4 Å². The molecule has 0 bridgehead atoms. The standard InChI is InChI=1S/C29H30Cl2F3N5O3/c1-2-22-28(15-21(36-22)26(40)41)9-11-39(12-10-28)23-14-24(38-27(35)37-23)42-25(29(32,33)34)19-8-7-18(31)13-20(19)16-3-5-17(30)6-4-16/h3-8,13-14,21-22,25,36H,2,9-12,15H2,1H3,(H,40,41)(H2,35,37,38)/t21?,22?,25-/m1/s1. The van der Waals surface area contributed by atoms with Crippen molar-refractivity contribution in [3.8, 4) is 17.0 Å². The first kappa shape index (κ1) is 30.2. The number of benzene rings is 2. The van der Waals surface area contributed by atoms with Gasteiger partial charge in [-0.25, -0.2) is 0 Å². The second-order valence-electron chi connectivity index (χ2n) is 10.8. The number of carboxylic acids is 1. The molecule has 13 heteroatoms. The lowest BCUT2D eigenvalue weighted by atomic mass is 9.71. The van der Waals surface area contributed by atoms with E-state index in [-0.39, 0.29) is 39.4 Å². The number of rotatable bonds is 7. The maximum Gasteiger partial charge on any atom is 0.429 e. The predicted molar refractivity (Wildman–Crippen MR) is 155 cm³/mol. The zero-order valence-electron chi connectivity index (χ0n) is 22.7. The van der Waals surface area contributed by atoms with Gasteiger partial charge in [-0.05, 0) is 66.5 Å². The van der Waals surface area contributed by atoms with Gasteiger partial charge in [0, 0.05) is 40.8 Å². The van der Waals surface area contributed by atoms with Gasteiger partial charge in [0.05, 0.1) is 0 Å². The summed E-state index contributed by atoms with van der Waals surface area (Å²) in [7, 11) is 0. The monoisotopic (exact) mass is 623 g/mol. The zero-order chi connectivity index (χ0) is 30.2. The molecule has 0 amide bonds. The van der Waals surface area contributed by atoms with E-state index >= 15 is 0 Å². The molecule has 2 unspecified atom stereocenters. The summed E-state index contributed by atoms with van der Waals surface area (Å²) < 4.78 is 49.1. The SMILES string of the molecule is CCC1NC(C(=O)O)CC12CCN(c1cc(O[C@H](c3ccc(Cl)cc3-c3ccc(Cl)cc3)C(F)(F)F)nc(N)n1)CC2. The van der Waals surface area contributed by atoms with Crippen LogP contribution in [-0.2, 0) is 4.79 Å². The smallest absolute Gasteiger partial charge is 0.429 e. The first-order valence-corrected chi connectivity index (χ1v) is 14.3. The van der Waals surface area contributed by atoms with Gasteiger partial charge in [-0.3, -0.25) is 4.79 Å². The molecule has 4 N–H and O–H groups in total. The number of nitrogens with one attached hydrogen (secondary N) is 1. The molecular weight excluding hydrogens is 594 g/mol. The molecule has 224 valence electrons. The normalized spacial score (nSPS) is 21.0. The minimum Gasteiger partial charge on any atom is -0.480 e. The number of aliphatic carboxylic acids is 1. The summed E-state index contributed by atoms with van der Waals surface area (Å²) in [5.41, 5.74) is 6.33. The molecule has 2 aliphatic rings. The van der Waals surface area contributed by atoms with Crippen molar-refractivity contribution in [1.82, 2.24) is 15.3 Å². The van der Waals surface area contributed by atoms with Crippen molar-refractivity contribution in [3.63, 3.8) is 0 Å². The molecule has 2 aromatic carbocycles. The van der Waals surface area contributed by atoms with E-state index in [4.69, 9.17) is 33.7 Å². The second kappa shape index (κ2) is 11.8. The molecule has 0 radical (unpaired) electrons. The number of anilines is 2. The van der Waals surface area contributed by atoms with Crippen molar-refractivity contribution < 1.29 is 27.8 Å². The quantitative estimate of drug-likeness (QED) is 0.272. The third kappa shape index (κ3) is 6.23. The summed E-state index contributed by atoms with van der Waals surface area (Å²) >= 11 is 12.2. The van der Waals surface area contributed by atoms with Crippen LogP contribution >= 0.6 is 23.2 Å². The third-order valence-electron chi connectivity index (χ3n) is 8.24. The van der Waals surface area contributed by atoms with E-state index in [1.165, 1.54) is 24.3 Å². The number of nitrogen functional groups attached to an aromatic ring is 1.